The van der Waals surface area contributed by atoms with Crippen LogP contribution in [0.15, 0.2) is 48.2 Å². The van der Waals surface area contributed by atoms with Crippen molar-refractivity contribution >= 4 is 35.0 Å². The van der Waals surface area contributed by atoms with E-state index in [2.05, 4.69) is 23.5 Å². The Kier molecular flexibility index (Phi) is 4.01. The Morgan fingerprint density at radius 3 is 2.35 bits per heavy atom. The van der Waals surface area contributed by atoms with Crippen molar-refractivity contribution in [2.24, 2.45) is 0 Å². The van der Waals surface area contributed by atoms with E-state index >= 15 is 0 Å². The summed E-state index contributed by atoms with van der Waals surface area (Å²) in [6, 6.07) is 13.9. The van der Waals surface area contributed by atoms with Gasteiger partial charge in [-0.25, -0.2) is 0 Å². The number of aryl methyl sites for hydroxylation is 3. The van der Waals surface area contributed by atoms with Crippen LogP contribution in [-0.4, -0.2) is 11.0 Å². The topological polar surface area (TPSA) is 32.3 Å². The molecule has 0 atom stereocenters. The maximum Gasteiger partial charge on any atom is 0.281 e. The Labute approximate surface area is 141 Å². The number of thiocarbonyl (C=S) groups is 1. The molecule has 0 aromatic heterocycles. The van der Waals surface area contributed by atoms with Crippen molar-refractivity contribution in [2.45, 2.75) is 20.8 Å². The first-order valence-corrected chi connectivity index (χ1v) is 7.87. The molecule has 0 saturated carbocycles. The molecule has 1 amide bonds. The van der Waals surface area contributed by atoms with Gasteiger partial charge in [0, 0.05) is 0 Å². The summed E-state index contributed by atoms with van der Waals surface area (Å²) >= 11 is 5.34. The molecular weight excluding hydrogens is 304 g/mol. The summed E-state index contributed by atoms with van der Waals surface area (Å²) in [5.41, 5.74) is 5.73. The molecule has 0 radical (unpaired) electrons. The lowest BCUT2D eigenvalue weighted by Gasteiger charge is -2.14. The number of hydrogen-bond donors (Lipinski definition) is 1. The van der Waals surface area contributed by atoms with Gasteiger partial charge in [-0.3, -0.25) is 9.69 Å². The molecule has 1 aliphatic rings. The SMILES string of the molecule is Cc1ccc(N2C(=O)/C(=C\c3cc(C)ccc3C)NC2=S)cc1. The molecule has 0 bridgehead atoms. The number of benzene rings is 2. The molecule has 116 valence electrons. The van der Waals surface area contributed by atoms with Gasteiger partial charge in [0.25, 0.3) is 5.91 Å². The second-order valence-electron chi connectivity index (χ2n) is 5.82. The van der Waals surface area contributed by atoms with Crippen molar-refractivity contribution in [3.8, 4) is 0 Å². The monoisotopic (exact) mass is 322 g/mol. The van der Waals surface area contributed by atoms with Gasteiger partial charge in [0.05, 0.1) is 5.69 Å². The van der Waals surface area contributed by atoms with Gasteiger partial charge in [-0.05, 0) is 62.3 Å². The number of nitrogens with zero attached hydrogens (tertiary/aromatic N) is 1. The van der Waals surface area contributed by atoms with Crippen LogP contribution in [0.4, 0.5) is 5.69 Å². The Bertz CT molecular complexity index is 822. The second kappa shape index (κ2) is 5.97. The first-order valence-electron chi connectivity index (χ1n) is 7.47. The zero-order chi connectivity index (χ0) is 16.6. The largest absolute Gasteiger partial charge is 0.327 e. The van der Waals surface area contributed by atoms with E-state index in [0.29, 0.717) is 10.8 Å². The highest BCUT2D eigenvalue weighted by molar-refractivity contribution is 7.80. The van der Waals surface area contributed by atoms with Gasteiger partial charge in [-0.1, -0.05) is 41.5 Å². The molecular formula is C19H18N2OS. The third-order valence-electron chi connectivity index (χ3n) is 3.90. The van der Waals surface area contributed by atoms with Crippen LogP contribution in [0.25, 0.3) is 6.08 Å². The lowest BCUT2D eigenvalue weighted by Crippen LogP contribution is -2.30. The first-order chi connectivity index (χ1) is 11.0. The Balaban J connectivity index is 1.96. The van der Waals surface area contributed by atoms with E-state index in [0.717, 1.165) is 27.9 Å². The molecule has 1 N–H and O–H groups in total. The van der Waals surface area contributed by atoms with E-state index in [1.165, 1.54) is 4.90 Å². The van der Waals surface area contributed by atoms with Gasteiger partial charge in [0.15, 0.2) is 5.11 Å². The fourth-order valence-corrected chi connectivity index (χ4v) is 2.83. The zero-order valence-electron chi connectivity index (χ0n) is 13.4. The van der Waals surface area contributed by atoms with Crippen molar-refractivity contribution in [3.63, 3.8) is 0 Å². The summed E-state index contributed by atoms with van der Waals surface area (Å²) in [4.78, 5) is 14.2. The van der Waals surface area contributed by atoms with Crippen LogP contribution >= 0.6 is 12.2 Å². The predicted octanol–water partition coefficient (Wildman–Crippen LogP) is 3.87. The number of hydrogen-bond acceptors (Lipinski definition) is 2. The molecule has 3 nitrogen and oxygen atoms in total. The minimum Gasteiger partial charge on any atom is -0.327 e. The van der Waals surface area contributed by atoms with Crippen molar-refractivity contribution in [1.82, 2.24) is 5.32 Å². The third kappa shape index (κ3) is 3.03. The van der Waals surface area contributed by atoms with Crippen LogP contribution in [0.3, 0.4) is 0 Å². The highest BCUT2D eigenvalue weighted by atomic mass is 32.1. The highest BCUT2D eigenvalue weighted by Crippen LogP contribution is 2.23. The zero-order valence-corrected chi connectivity index (χ0v) is 14.2. The maximum absolute atomic E-state index is 12.7. The quantitative estimate of drug-likeness (QED) is 0.673. The molecule has 0 unspecified atom stereocenters. The smallest absolute Gasteiger partial charge is 0.281 e. The highest BCUT2D eigenvalue weighted by Gasteiger charge is 2.31. The number of amides is 1. The summed E-state index contributed by atoms with van der Waals surface area (Å²) in [6.07, 6.45) is 1.87. The number of nitrogens with one attached hydrogen (secondary N) is 1. The first kappa shape index (κ1) is 15.4. The molecule has 1 saturated heterocycles. The van der Waals surface area contributed by atoms with E-state index in [9.17, 15) is 4.79 Å². The summed E-state index contributed by atoms with van der Waals surface area (Å²) in [7, 11) is 0. The normalized spacial score (nSPS) is 16.1. The van der Waals surface area contributed by atoms with Crippen molar-refractivity contribution < 1.29 is 4.79 Å². The van der Waals surface area contributed by atoms with Crippen LogP contribution in [0.5, 0.6) is 0 Å². The van der Waals surface area contributed by atoms with Gasteiger partial charge in [-0.2, -0.15) is 0 Å². The summed E-state index contributed by atoms with van der Waals surface area (Å²) < 4.78 is 0. The fourth-order valence-electron chi connectivity index (χ4n) is 2.53. The Morgan fingerprint density at radius 2 is 1.65 bits per heavy atom. The molecule has 4 heteroatoms. The fraction of sp³-hybridized carbons (Fsp3) is 0.158. The molecule has 2 aromatic rings. The van der Waals surface area contributed by atoms with Gasteiger partial charge < -0.3 is 5.32 Å². The van der Waals surface area contributed by atoms with Crippen LogP contribution in [-0.2, 0) is 4.79 Å². The third-order valence-corrected chi connectivity index (χ3v) is 4.19. The number of carbonyl (C=O) groups is 1. The van der Waals surface area contributed by atoms with Crippen molar-refractivity contribution in [3.05, 3.63) is 70.4 Å². The van der Waals surface area contributed by atoms with Crippen LogP contribution in [0.1, 0.15) is 22.3 Å². The summed E-state index contributed by atoms with van der Waals surface area (Å²) in [6.45, 7) is 6.08. The maximum atomic E-state index is 12.7. The molecule has 1 aliphatic heterocycles. The van der Waals surface area contributed by atoms with Gasteiger partial charge in [0.2, 0.25) is 0 Å². The molecule has 1 heterocycles. The summed E-state index contributed by atoms with van der Waals surface area (Å²) in [5, 5.41) is 3.44. The number of carbonyl (C=O) groups excluding carboxylic acids is 1. The lowest BCUT2D eigenvalue weighted by molar-refractivity contribution is -0.113. The second-order valence-corrected chi connectivity index (χ2v) is 6.21. The average Bonchev–Trinajstić information content (AvgIpc) is 2.79. The number of rotatable bonds is 2. The van der Waals surface area contributed by atoms with Gasteiger partial charge in [0.1, 0.15) is 5.70 Å². The van der Waals surface area contributed by atoms with E-state index in [1.54, 1.807) is 0 Å². The predicted molar refractivity (Wildman–Crippen MR) is 98.3 cm³/mol. The summed E-state index contributed by atoms with van der Waals surface area (Å²) in [5.74, 6) is -0.125. The molecule has 23 heavy (non-hydrogen) atoms. The molecule has 2 aromatic carbocycles. The minimum absolute atomic E-state index is 0.125. The lowest BCUT2D eigenvalue weighted by atomic mass is 10.0. The molecule has 0 spiro atoms. The number of anilines is 1. The molecule has 1 fully saturated rings. The Morgan fingerprint density at radius 1 is 1.00 bits per heavy atom. The average molecular weight is 322 g/mol. The van der Waals surface area contributed by atoms with Gasteiger partial charge in [-0.15, -0.1) is 0 Å². The van der Waals surface area contributed by atoms with E-state index in [-0.39, 0.29) is 5.91 Å². The van der Waals surface area contributed by atoms with Crippen molar-refractivity contribution in [1.29, 1.82) is 0 Å². The van der Waals surface area contributed by atoms with Gasteiger partial charge >= 0.3 is 0 Å². The van der Waals surface area contributed by atoms with Crippen LogP contribution < -0.4 is 10.2 Å². The molecule has 0 aliphatic carbocycles. The van der Waals surface area contributed by atoms with Crippen molar-refractivity contribution in [2.75, 3.05) is 4.90 Å². The van der Waals surface area contributed by atoms with E-state index in [4.69, 9.17) is 12.2 Å². The molecule has 3 rings (SSSR count). The van der Waals surface area contributed by atoms with Crippen LogP contribution in [0, 0.1) is 20.8 Å². The van der Waals surface area contributed by atoms with E-state index in [1.807, 2.05) is 51.1 Å². The Hall–Kier alpha value is -2.46. The van der Waals surface area contributed by atoms with E-state index < -0.39 is 0 Å². The minimum atomic E-state index is -0.125. The van der Waals surface area contributed by atoms with Crippen LogP contribution in [0.2, 0.25) is 0 Å². The standard InChI is InChI=1S/C19H18N2OS/c1-12-5-8-16(9-6-12)21-18(22)17(20-19(21)23)11-15-10-13(2)4-7-14(15)3/h4-11H,1-3H3,(H,20,23)/b17-11+.